The molecule has 0 atom stereocenters. The fraction of sp³-hybridized carbons (Fsp3) is 0.182. The number of nitrogens with zero attached hydrogens (tertiary/aromatic N) is 2. The van der Waals surface area contributed by atoms with Gasteiger partial charge in [0.1, 0.15) is 5.84 Å². The van der Waals surface area contributed by atoms with Gasteiger partial charge < -0.3 is 10.1 Å². The molecule has 2 heterocycles. The van der Waals surface area contributed by atoms with Crippen molar-refractivity contribution in [2.75, 3.05) is 18.5 Å². The van der Waals surface area contributed by atoms with Crippen molar-refractivity contribution in [1.82, 2.24) is 9.71 Å². The van der Waals surface area contributed by atoms with Crippen molar-refractivity contribution in [3.8, 4) is 0 Å². The van der Waals surface area contributed by atoms with Crippen LogP contribution in [0.3, 0.4) is 0 Å². The lowest BCUT2D eigenvalue weighted by Crippen LogP contribution is -2.29. The predicted octanol–water partition coefficient (Wildman–Crippen LogP) is 2.50. The molecule has 4 rings (SSSR count). The van der Waals surface area contributed by atoms with Gasteiger partial charge in [0.25, 0.3) is 15.9 Å². The number of benzene rings is 2. The summed E-state index contributed by atoms with van der Waals surface area (Å²) >= 11 is 0. The number of anilines is 1. The number of pyridine rings is 1. The molecule has 2 N–H and O–H groups in total. The Morgan fingerprint density at radius 2 is 1.91 bits per heavy atom. The molecular weight excluding hydrogens is 432 g/mol. The third-order valence-corrected chi connectivity index (χ3v) is 6.13. The summed E-state index contributed by atoms with van der Waals surface area (Å²) in [6.07, 6.45) is 3.01. The van der Waals surface area contributed by atoms with Crippen molar-refractivity contribution in [3.05, 3.63) is 66.4 Å². The lowest BCUT2D eigenvalue weighted by Gasteiger charge is -2.10. The number of aromatic nitrogens is 1. The Labute approximate surface area is 184 Å². The quantitative estimate of drug-likeness (QED) is 0.553. The van der Waals surface area contributed by atoms with Crippen LogP contribution in [0.2, 0.25) is 0 Å². The maximum atomic E-state index is 12.5. The van der Waals surface area contributed by atoms with Gasteiger partial charge in [-0.15, -0.1) is 0 Å². The third-order valence-electron chi connectivity index (χ3n) is 4.75. The van der Waals surface area contributed by atoms with Crippen LogP contribution in [0.15, 0.2) is 70.7 Å². The van der Waals surface area contributed by atoms with E-state index in [1.54, 1.807) is 42.6 Å². The number of ether oxygens (including phenoxy) is 1. The fourth-order valence-electron chi connectivity index (χ4n) is 3.27. The first kappa shape index (κ1) is 21.4. The van der Waals surface area contributed by atoms with E-state index >= 15 is 0 Å². The summed E-state index contributed by atoms with van der Waals surface area (Å²) in [5.41, 5.74) is 1.20. The lowest BCUT2D eigenvalue weighted by molar-refractivity contribution is -0.119. The van der Waals surface area contributed by atoms with E-state index < -0.39 is 28.5 Å². The van der Waals surface area contributed by atoms with E-state index in [4.69, 9.17) is 4.74 Å². The molecule has 1 amide bonds. The summed E-state index contributed by atoms with van der Waals surface area (Å²) in [5, 5.41) is 3.16. The topological polar surface area (TPSA) is 127 Å². The van der Waals surface area contributed by atoms with E-state index in [2.05, 4.69) is 20.0 Å². The summed E-state index contributed by atoms with van der Waals surface area (Å²) < 4.78 is 32.6. The van der Waals surface area contributed by atoms with Crippen molar-refractivity contribution in [2.24, 2.45) is 4.99 Å². The molecule has 2 aromatic carbocycles. The van der Waals surface area contributed by atoms with E-state index in [1.165, 1.54) is 18.2 Å². The Morgan fingerprint density at radius 3 is 2.72 bits per heavy atom. The molecule has 164 valence electrons. The number of amides is 1. The van der Waals surface area contributed by atoms with Gasteiger partial charge >= 0.3 is 5.97 Å². The Balaban J connectivity index is 1.39. The molecular formula is C22H20N4O5S. The Morgan fingerprint density at radius 1 is 1.06 bits per heavy atom. The van der Waals surface area contributed by atoms with Crippen molar-refractivity contribution >= 4 is 44.3 Å². The molecule has 1 aliphatic heterocycles. The number of carbonyl (C=O) groups excluding carboxylic acids is 2. The summed E-state index contributed by atoms with van der Waals surface area (Å²) in [6, 6.07) is 14.3. The van der Waals surface area contributed by atoms with Gasteiger partial charge in [0.2, 0.25) is 0 Å². The second-order valence-corrected chi connectivity index (χ2v) is 8.75. The van der Waals surface area contributed by atoms with Crippen molar-refractivity contribution < 1.29 is 22.7 Å². The average molecular weight is 452 g/mol. The number of amidine groups is 1. The van der Waals surface area contributed by atoms with Crippen LogP contribution >= 0.6 is 0 Å². The summed E-state index contributed by atoms with van der Waals surface area (Å²) in [6.45, 7) is 0.0729. The zero-order valence-electron chi connectivity index (χ0n) is 16.9. The highest BCUT2D eigenvalue weighted by atomic mass is 32.2. The molecule has 0 unspecified atom stereocenters. The Kier molecular flexibility index (Phi) is 6.13. The zero-order valence-corrected chi connectivity index (χ0v) is 17.8. The number of aliphatic imine (C=N–C) groups is 1. The Hall–Kier alpha value is -3.79. The smallest absolute Gasteiger partial charge is 0.339 e. The molecule has 0 bridgehead atoms. The second-order valence-electron chi connectivity index (χ2n) is 7.07. The van der Waals surface area contributed by atoms with Crippen molar-refractivity contribution in [2.45, 2.75) is 17.7 Å². The summed E-state index contributed by atoms with van der Waals surface area (Å²) in [4.78, 5) is 33.0. The van der Waals surface area contributed by atoms with Gasteiger partial charge in [0.15, 0.2) is 6.61 Å². The molecule has 0 radical (unpaired) electrons. The van der Waals surface area contributed by atoms with Crippen LogP contribution in [-0.4, -0.2) is 44.3 Å². The maximum Gasteiger partial charge on any atom is 0.339 e. The first-order valence-corrected chi connectivity index (χ1v) is 11.4. The van der Waals surface area contributed by atoms with E-state index in [1.807, 2.05) is 0 Å². The van der Waals surface area contributed by atoms with E-state index in [0.29, 0.717) is 35.3 Å². The van der Waals surface area contributed by atoms with Crippen LogP contribution in [0.4, 0.5) is 5.69 Å². The van der Waals surface area contributed by atoms with Gasteiger partial charge in [-0.25, -0.2) is 13.2 Å². The highest BCUT2D eigenvalue weighted by Gasteiger charge is 2.19. The third kappa shape index (κ3) is 4.92. The maximum absolute atomic E-state index is 12.5. The number of esters is 1. The van der Waals surface area contributed by atoms with Crippen LogP contribution in [0.5, 0.6) is 0 Å². The second kappa shape index (κ2) is 9.15. The van der Waals surface area contributed by atoms with Gasteiger partial charge in [-0.1, -0.05) is 18.2 Å². The van der Waals surface area contributed by atoms with Gasteiger partial charge in [0.05, 0.1) is 16.0 Å². The minimum Gasteiger partial charge on any atom is -0.452 e. The molecule has 3 aromatic rings. The van der Waals surface area contributed by atoms with Gasteiger partial charge in [-0.3, -0.25) is 19.5 Å². The Bertz CT molecular complexity index is 1320. The molecule has 1 aromatic heterocycles. The van der Waals surface area contributed by atoms with E-state index in [-0.39, 0.29) is 10.6 Å². The normalized spacial score (nSPS) is 13.4. The minimum absolute atomic E-state index is 0.00912. The minimum atomic E-state index is -3.81. The van der Waals surface area contributed by atoms with Crippen LogP contribution in [0, 0.1) is 0 Å². The monoisotopic (exact) mass is 452 g/mol. The van der Waals surface area contributed by atoms with Gasteiger partial charge in [0, 0.05) is 30.2 Å². The highest BCUT2D eigenvalue weighted by Crippen LogP contribution is 2.18. The first-order chi connectivity index (χ1) is 15.4. The molecule has 0 fully saturated rings. The molecule has 0 aliphatic carbocycles. The molecule has 10 heteroatoms. The average Bonchev–Trinajstić information content (AvgIpc) is 3.29. The summed E-state index contributed by atoms with van der Waals surface area (Å²) in [5.74, 6) is -0.828. The molecule has 0 saturated heterocycles. The number of nitrogens with one attached hydrogen (secondary N) is 2. The molecule has 9 nitrogen and oxygen atoms in total. The fourth-order valence-corrected chi connectivity index (χ4v) is 4.40. The van der Waals surface area contributed by atoms with Crippen molar-refractivity contribution in [1.29, 1.82) is 0 Å². The number of sulfonamides is 1. The molecule has 0 spiro atoms. The van der Waals surface area contributed by atoms with E-state index in [0.717, 1.165) is 6.42 Å². The SMILES string of the molecule is O=C(COC(=O)c1cccc2ncccc12)Nc1cccc(S(=O)(=O)NC2=NCCC2)c1. The largest absolute Gasteiger partial charge is 0.452 e. The molecule has 1 aliphatic rings. The van der Waals surface area contributed by atoms with Crippen LogP contribution in [0.25, 0.3) is 10.9 Å². The molecule has 0 saturated carbocycles. The van der Waals surface area contributed by atoms with Gasteiger partial charge in [-0.05, 0) is 42.8 Å². The van der Waals surface area contributed by atoms with Crippen LogP contribution < -0.4 is 10.0 Å². The first-order valence-electron chi connectivity index (χ1n) is 9.89. The number of hydrogen-bond acceptors (Lipinski definition) is 7. The van der Waals surface area contributed by atoms with E-state index in [9.17, 15) is 18.0 Å². The lowest BCUT2D eigenvalue weighted by atomic mass is 10.1. The zero-order chi connectivity index (χ0) is 22.6. The number of rotatable bonds is 6. The standard InChI is InChI=1S/C22H20N4O5S/c27-21(14-31-22(28)18-7-2-9-19-17(18)8-3-11-23-19)25-15-5-1-6-16(13-15)32(29,30)26-20-10-4-12-24-20/h1-3,5-9,11,13H,4,10,12,14H2,(H,24,26)(H,25,27). The molecule has 32 heavy (non-hydrogen) atoms. The number of carbonyl (C=O) groups is 2. The van der Waals surface area contributed by atoms with Crippen molar-refractivity contribution in [3.63, 3.8) is 0 Å². The van der Waals surface area contributed by atoms with Crippen LogP contribution in [-0.2, 0) is 19.6 Å². The van der Waals surface area contributed by atoms with Crippen LogP contribution in [0.1, 0.15) is 23.2 Å². The number of fused-ring (bicyclic) bond motifs is 1. The van der Waals surface area contributed by atoms with Gasteiger partial charge in [-0.2, -0.15) is 0 Å². The number of hydrogen-bond donors (Lipinski definition) is 2. The highest BCUT2D eigenvalue weighted by molar-refractivity contribution is 7.90. The summed E-state index contributed by atoms with van der Waals surface area (Å²) in [7, 11) is -3.81. The predicted molar refractivity (Wildman–Crippen MR) is 119 cm³/mol.